The summed E-state index contributed by atoms with van der Waals surface area (Å²) in [5.41, 5.74) is 3.54. The summed E-state index contributed by atoms with van der Waals surface area (Å²) in [4.78, 5) is 34.9. The van der Waals surface area contributed by atoms with Crippen LogP contribution in [0.1, 0.15) is 31.8 Å². The van der Waals surface area contributed by atoms with Crippen molar-refractivity contribution < 1.29 is 9.59 Å². The highest BCUT2D eigenvalue weighted by Crippen LogP contribution is 2.15. The maximum Gasteiger partial charge on any atom is 0.257 e. The zero-order valence-electron chi connectivity index (χ0n) is 15.9. The van der Waals surface area contributed by atoms with Crippen LogP contribution >= 0.6 is 0 Å². The zero-order chi connectivity index (χ0) is 19.9. The van der Waals surface area contributed by atoms with Gasteiger partial charge in [-0.05, 0) is 48.7 Å². The largest absolute Gasteiger partial charge is 0.341 e. The molecule has 2 heterocycles. The minimum atomic E-state index is -0.295. The summed E-state index contributed by atoms with van der Waals surface area (Å²) in [5.74, 6) is -0.469. The third-order valence-electron chi connectivity index (χ3n) is 4.47. The monoisotopic (exact) mass is 374 g/mol. The predicted octanol–water partition coefficient (Wildman–Crippen LogP) is 3.35. The lowest BCUT2D eigenvalue weighted by Crippen LogP contribution is -2.29. The Balaban J connectivity index is 1.67. The maximum absolute atomic E-state index is 12.7. The number of carbonyl (C=O) groups is 2. The predicted molar refractivity (Wildman–Crippen MR) is 108 cm³/mol. The fourth-order valence-corrected chi connectivity index (χ4v) is 2.76. The molecule has 3 aromatic rings. The molecule has 0 aliphatic heterocycles. The van der Waals surface area contributed by atoms with Gasteiger partial charge in [-0.2, -0.15) is 0 Å². The van der Waals surface area contributed by atoms with Gasteiger partial charge in [-0.3, -0.25) is 19.6 Å². The quantitative estimate of drug-likeness (QED) is 0.718. The highest BCUT2D eigenvalue weighted by atomic mass is 16.2. The van der Waals surface area contributed by atoms with Crippen molar-refractivity contribution in [3.8, 4) is 0 Å². The molecular formula is C22H22N4O2. The van der Waals surface area contributed by atoms with Gasteiger partial charge in [0.1, 0.15) is 0 Å². The Morgan fingerprint density at radius 1 is 1.00 bits per heavy atom. The van der Waals surface area contributed by atoms with E-state index in [1.54, 1.807) is 30.4 Å². The molecule has 0 unspecified atom stereocenters. The Bertz CT molecular complexity index is 973. The molecule has 0 bridgehead atoms. The first-order valence-electron chi connectivity index (χ1n) is 9.01. The summed E-state index contributed by atoms with van der Waals surface area (Å²) in [6, 6.07) is 13.0. The van der Waals surface area contributed by atoms with Gasteiger partial charge < -0.3 is 10.2 Å². The third-order valence-corrected chi connectivity index (χ3v) is 4.47. The fourth-order valence-electron chi connectivity index (χ4n) is 2.76. The molecule has 0 radical (unpaired) electrons. The lowest BCUT2D eigenvalue weighted by Gasteiger charge is -2.17. The number of aromatic nitrogens is 2. The molecule has 0 atom stereocenters. The fraction of sp³-hybridized carbons (Fsp3) is 0.182. The molecule has 28 heavy (non-hydrogen) atoms. The van der Waals surface area contributed by atoms with E-state index in [9.17, 15) is 9.59 Å². The summed E-state index contributed by atoms with van der Waals surface area (Å²) >= 11 is 0. The first-order chi connectivity index (χ1) is 13.5. The van der Waals surface area contributed by atoms with E-state index in [0.29, 0.717) is 17.7 Å². The number of nitrogens with one attached hydrogen (secondary N) is 1. The minimum Gasteiger partial charge on any atom is -0.341 e. The molecule has 6 heteroatoms. The topological polar surface area (TPSA) is 75.2 Å². The van der Waals surface area contributed by atoms with Gasteiger partial charge in [-0.25, -0.2) is 0 Å². The van der Waals surface area contributed by atoms with Crippen LogP contribution in [-0.4, -0.2) is 40.3 Å². The number of para-hydroxylation sites is 1. The van der Waals surface area contributed by atoms with Crippen molar-refractivity contribution in [2.24, 2.45) is 0 Å². The summed E-state index contributed by atoms with van der Waals surface area (Å²) < 4.78 is 0. The third kappa shape index (κ3) is 4.79. The van der Waals surface area contributed by atoms with Gasteiger partial charge >= 0.3 is 0 Å². The maximum atomic E-state index is 12.7. The minimum absolute atomic E-state index is 0.174. The van der Waals surface area contributed by atoms with Crippen molar-refractivity contribution in [1.82, 2.24) is 14.9 Å². The number of rotatable bonds is 6. The average molecular weight is 374 g/mol. The van der Waals surface area contributed by atoms with Crippen molar-refractivity contribution in [2.45, 2.75) is 13.3 Å². The SMILES string of the molecule is Cc1ccccc1NC(=O)c1cncc(C(=O)N(C)CCc2ccncc2)c1. The lowest BCUT2D eigenvalue weighted by molar-refractivity contribution is 0.0796. The first kappa shape index (κ1) is 19.2. The number of pyridine rings is 2. The van der Waals surface area contributed by atoms with E-state index in [1.807, 2.05) is 43.3 Å². The summed E-state index contributed by atoms with van der Waals surface area (Å²) in [6.45, 7) is 2.48. The number of hydrogen-bond acceptors (Lipinski definition) is 4. The second-order valence-corrected chi connectivity index (χ2v) is 6.56. The Morgan fingerprint density at radius 3 is 2.46 bits per heavy atom. The van der Waals surface area contributed by atoms with E-state index in [2.05, 4.69) is 15.3 Å². The van der Waals surface area contributed by atoms with E-state index in [1.165, 1.54) is 12.4 Å². The van der Waals surface area contributed by atoms with Gasteiger partial charge in [-0.1, -0.05) is 18.2 Å². The summed E-state index contributed by atoms with van der Waals surface area (Å²) in [7, 11) is 1.74. The number of hydrogen-bond donors (Lipinski definition) is 1. The molecule has 0 aliphatic carbocycles. The second kappa shape index (κ2) is 8.90. The van der Waals surface area contributed by atoms with Gasteiger partial charge in [0, 0.05) is 44.1 Å². The number of benzene rings is 1. The molecule has 0 fully saturated rings. The van der Waals surface area contributed by atoms with Crippen LogP contribution in [0.5, 0.6) is 0 Å². The number of amides is 2. The molecule has 2 aromatic heterocycles. The summed E-state index contributed by atoms with van der Waals surface area (Å²) in [5, 5.41) is 2.86. The van der Waals surface area contributed by atoms with Gasteiger partial charge in [0.25, 0.3) is 11.8 Å². The Morgan fingerprint density at radius 2 is 1.71 bits per heavy atom. The van der Waals surface area contributed by atoms with Crippen LogP contribution < -0.4 is 5.32 Å². The van der Waals surface area contributed by atoms with Crippen LogP contribution in [0.3, 0.4) is 0 Å². The molecule has 3 rings (SSSR count). The standard InChI is InChI=1S/C22H22N4O2/c1-16-5-3-4-6-20(16)25-21(27)18-13-19(15-24-14-18)22(28)26(2)12-9-17-7-10-23-11-8-17/h3-8,10-11,13-15H,9,12H2,1-2H3,(H,25,27). The Labute approximate surface area is 164 Å². The molecule has 0 spiro atoms. The highest BCUT2D eigenvalue weighted by molar-refractivity contribution is 6.06. The molecule has 1 N–H and O–H groups in total. The molecular weight excluding hydrogens is 352 g/mol. The van der Waals surface area contributed by atoms with Crippen molar-refractivity contribution >= 4 is 17.5 Å². The van der Waals surface area contributed by atoms with Crippen LogP contribution in [0.25, 0.3) is 0 Å². The normalized spacial score (nSPS) is 10.4. The van der Waals surface area contributed by atoms with E-state index >= 15 is 0 Å². The summed E-state index contributed by atoms with van der Waals surface area (Å²) in [6.07, 6.45) is 7.14. The molecule has 0 saturated carbocycles. The van der Waals surface area contributed by atoms with Crippen molar-refractivity contribution in [3.05, 3.63) is 89.5 Å². The van der Waals surface area contributed by atoms with Crippen LogP contribution in [0.2, 0.25) is 0 Å². The molecule has 6 nitrogen and oxygen atoms in total. The number of likely N-dealkylation sites (N-methyl/N-ethyl adjacent to an activating group) is 1. The van der Waals surface area contributed by atoms with Gasteiger partial charge in [0.2, 0.25) is 0 Å². The van der Waals surface area contributed by atoms with E-state index in [-0.39, 0.29) is 11.8 Å². The average Bonchev–Trinajstić information content (AvgIpc) is 2.74. The Kier molecular flexibility index (Phi) is 6.11. The van der Waals surface area contributed by atoms with E-state index < -0.39 is 0 Å². The Hall–Kier alpha value is -3.54. The first-order valence-corrected chi connectivity index (χ1v) is 9.01. The number of aryl methyl sites for hydroxylation is 1. The number of nitrogens with zero attached hydrogens (tertiary/aromatic N) is 3. The molecule has 142 valence electrons. The second-order valence-electron chi connectivity index (χ2n) is 6.56. The molecule has 0 saturated heterocycles. The molecule has 2 amide bonds. The van der Waals surface area contributed by atoms with Crippen molar-refractivity contribution in [3.63, 3.8) is 0 Å². The van der Waals surface area contributed by atoms with Gasteiger partial charge in [0.05, 0.1) is 11.1 Å². The molecule has 0 aliphatic rings. The van der Waals surface area contributed by atoms with Gasteiger partial charge in [-0.15, -0.1) is 0 Å². The van der Waals surface area contributed by atoms with Gasteiger partial charge in [0.15, 0.2) is 0 Å². The number of carbonyl (C=O) groups excluding carboxylic acids is 2. The zero-order valence-corrected chi connectivity index (χ0v) is 15.9. The van der Waals surface area contributed by atoms with Crippen LogP contribution in [0.15, 0.2) is 67.3 Å². The van der Waals surface area contributed by atoms with Crippen LogP contribution in [0.4, 0.5) is 5.69 Å². The highest BCUT2D eigenvalue weighted by Gasteiger charge is 2.15. The van der Waals surface area contributed by atoms with E-state index in [0.717, 1.165) is 23.2 Å². The van der Waals surface area contributed by atoms with Crippen LogP contribution in [0, 0.1) is 6.92 Å². The molecule has 1 aromatic carbocycles. The van der Waals surface area contributed by atoms with Crippen molar-refractivity contribution in [2.75, 3.05) is 18.9 Å². The lowest BCUT2D eigenvalue weighted by atomic mass is 10.1. The van der Waals surface area contributed by atoms with Crippen molar-refractivity contribution in [1.29, 1.82) is 0 Å². The van der Waals surface area contributed by atoms with E-state index in [4.69, 9.17) is 0 Å². The smallest absolute Gasteiger partial charge is 0.257 e. The van der Waals surface area contributed by atoms with Crippen LogP contribution in [-0.2, 0) is 6.42 Å². The number of anilines is 1.